The van der Waals surface area contributed by atoms with Crippen molar-refractivity contribution in [1.29, 1.82) is 0 Å². The second kappa shape index (κ2) is 8.41. The van der Waals surface area contributed by atoms with Gasteiger partial charge < -0.3 is 15.1 Å². The van der Waals surface area contributed by atoms with E-state index < -0.39 is 5.60 Å². The Kier molecular flexibility index (Phi) is 5.59. The van der Waals surface area contributed by atoms with Gasteiger partial charge in [-0.05, 0) is 55.9 Å². The number of benzene rings is 2. The number of aliphatic hydroxyl groups excluding tert-OH is 1. The highest BCUT2D eigenvalue weighted by molar-refractivity contribution is 6.33. The molecular weight excluding hydrogens is 426 g/mol. The van der Waals surface area contributed by atoms with Gasteiger partial charge in [0, 0.05) is 36.0 Å². The van der Waals surface area contributed by atoms with Gasteiger partial charge in [0.15, 0.2) is 0 Å². The Balaban J connectivity index is 1.31. The van der Waals surface area contributed by atoms with Crippen molar-refractivity contribution in [1.82, 2.24) is 4.90 Å². The van der Waals surface area contributed by atoms with Crippen molar-refractivity contribution < 1.29 is 15.0 Å². The van der Waals surface area contributed by atoms with Gasteiger partial charge in [0.2, 0.25) is 11.8 Å². The average Bonchev–Trinajstić information content (AvgIpc) is 3.57. The monoisotopic (exact) mass is 453 g/mol. The predicted molar refractivity (Wildman–Crippen MR) is 126 cm³/mol. The molecule has 2 aromatic carbocycles. The largest absolute Gasteiger partial charge is 0.495 e. The summed E-state index contributed by atoms with van der Waals surface area (Å²) < 4.78 is 0. The first kappa shape index (κ1) is 21.3. The van der Waals surface area contributed by atoms with Gasteiger partial charge in [-0.15, -0.1) is 5.10 Å². The lowest BCUT2D eigenvalue weighted by molar-refractivity contribution is -0.137. The van der Waals surface area contributed by atoms with E-state index in [0.717, 1.165) is 29.7 Å². The lowest BCUT2D eigenvalue weighted by atomic mass is 9.84. The van der Waals surface area contributed by atoms with Crippen molar-refractivity contribution in [3.8, 4) is 11.1 Å². The first-order valence-electron chi connectivity index (χ1n) is 11.3. The normalized spacial score (nSPS) is 22.7. The zero-order valence-electron chi connectivity index (χ0n) is 18.0. The number of carbonyl (C=O) groups excluding carboxylic acids is 1. The summed E-state index contributed by atoms with van der Waals surface area (Å²) in [6.45, 7) is 1.18. The van der Waals surface area contributed by atoms with Crippen LogP contribution in [0.25, 0.3) is 11.1 Å². The summed E-state index contributed by atoms with van der Waals surface area (Å²) in [5.41, 5.74) is 1.88. The van der Waals surface area contributed by atoms with E-state index in [-0.39, 0.29) is 23.8 Å². The Hall–Kier alpha value is -2.57. The number of likely N-dealkylation sites (tertiary alicyclic amines) is 1. The number of rotatable bonds is 5. The van der Waals surface area contributed by atoms with Crippen LogP contribution in [0.1, 0.15) is 38.5 Å². The van der Waals surface area contributed by atoms with E-state index in [0.29, 0.717) is 43.8 Å². The third-order valence-electron chi connectivity index (χ3n) is 6.83. The zero-order chi connectivity index (χ0) is 22.3. The van der Waals surface area contributed by atoms with Crippen LogP contribution in [0.3, 0.4) is 0 Å². The molecule has 2 aromatic rings. The topological polar surface area (TPSA) is 76.4 Å². The molecule has 1 aliphatic carbocycles. The first-order valence-corrected chi connectivity index (χ1v) is 11.7. The maximum absolute atomic E-state index is 12.3. The van der Waals surface area contributed by atoms with Crippen molar-refractivity contribution in [2.24, 2.45) is 11.0 Å². The van der Waals surface area contributed by atoms with Crippen molar-refractivity contribution in [2.45, 2.75) is 50.2 Å². The second-order valence-electron chi connectivity index (χ2n) is 9.28. The third-order valence-corrected chi connectivity index (χ3v) is 7.16. The van der Waals surface area contributed by atoms with E-state index in [2.05, 4.69) is 5.10 Å². The highest BCUT2D eigenvalue weighted by Crippen LogP contribution is 2.38. The molecular formula is C25H28ClN3O3. The molecule has 0 radical (unpaired) electrons. The molecule has 3 aliphatic rings. The van der Waals surface area contributed by atoms with Gasteiger partial charge in [-0.25, -0.2) is 0 Å². The highest BCUT2D eigenvalue weighted by atomic mass is 35.5. The van der Waals surface area contributed by atoms with Crippen LogP contribution in [0.2, 0.25) is 5.02 Å². The number of hydrazone groups is 1. The molecule has 1 atom stereocenters. The number of nitrogens with zero attached hydrogens (tertiary/aromatic N) is 3. The summed E-state index contributed by atoms with van der Waals surface area (Å²) in [7, 11) is 0. The van der Waals surface area contributed by atoms with Crippen molar-refractivity contribution >= 4 is 29.1 Å². The average molecular weight is 454 g/mol. The van der Waals surface area contributed by atoms with Gasteiger partial charge in [0.25, 0.3) is 0 Å². The predicted octanol–water partition coefficient (Wildman–Crippen LogP) is 4.61. The van der Waals surface area contributed by atoms with Crippen LogP contribution in [0.15, 0.2) is 53.6 Å². The maximum atomic E-state index is 12.3. The summed E-state index contributed by atoms with van der Waals surface area (Å²) in [5, 5.41) is 28.4. The van der Waals surface area contributed by atoms with Gasteiger partial charge in [-0.3, -0.25) is 9.80 Å². The number of amides is 1. The molecule has 0 spiro atoms. The number of aliphatic hydroxyl groups is 2. The Morgan fingerprint density at radius 3 is 2.59 bits per heavy atom. The van der Waals surface area contributed by atoms with Crippen LogP contribution < -0.4 is 5.01 Å². The fraction of sp³-hybridized carbons (Fsp3) is 0.440. The Morgan fingerprint density at radius 1 is 1.12 bits per heavy atom. The Bertz CT molecular complexity index is 1040. The third kappa shape index (κ3) is 4.34. The van der Waals surface area contributed by atoms with Crippen LogP contribution in [0, 0.1) is 5.92 Å². The van der Waals surface area contributed by atoms with Crippen molar-refractivity contribution in [2.75, 3.05) is 18.1 Å². The molecule has 0 aromatic heterocycles. The standard InChI is InChI=1S/C25H28ClN3O3/c26-22-7-2-1-6-21(22)18-4-3-5-19(14-18)29-20(15-23(30)27-29)16-25(32)10-12-28(13-11-25)24(31)17-8-9-17/h1-7,14,17,20,32H,8-13,15-16H2,(H,27,30). The van der Waals surface area contributed by atoms with E-state index in [9.17, 15) is 15.0 Å². The first-order chi connectivity index (χ1) is 15.4. The molecule has 5 rings (SSSR count). The maximum Gasteiger partial charge on any atom is 0.225 e. The van der Waals surface area contributed by atoms with Crippen LogP contribution in [-0.4, -0.2) is 51.7 Å². The van der Waals surface area contributed by atoms with E-state index in [1.165, 1.54) is 0 Å². The van der Waals surface area contributed by atoms with Crippen molar-refractivity contribution in [3.05, 3.63) is 53.6 Å². The molecule has 1 amide bonds. The highest BCUT2D eigenvalue weighted by Gasteiger charge is 2.42. The number of carbonyl (C=O) groups is 1. The van der Waals surface area contributed by atoms with Crippen molar-refractivity contribution in [3.63, 3.8) is 0 Å². The van der Waals surface area contributed by atoms with Gasteiger partial charge in [0.05, 0.1) is 17.3 Å². The van der Waals surface area contributed by atoms with E-state index in [1.807, 2.05) is 58.4 Å². The number of halogens is 1. The molecule has 1 saturated carbocycles. The number of hydrogen-bond donors (Lipinski definition) is 2. The Morgan fingerprint density at radius 2 is 1.88 bits per heavy atom. The SMILES string of the molecule is O=C(C1CC1)N1CCC(O)(CC2CC(O)=NN2c2cccc(-c3ccccc3Cl)c2)CC1. The van der Waals surface area contributed by atoms with E-state index in [1.54, 1.807) is 0 Å². The fourth-order valence-electron chi connectivity index (χ4n) is 4.86. The minimum absolute atomic E-state index is 0.0723. The molecule has 7 heteroatoms. The lowest BCUT2D eigenvalue weighted by Gasteiger charge is -2.40. The quantitative estimate of drug-likeness (QED) is 0.693. The molecule has 0 bridgehead atoms. The number of hydrogen-bond acceptors (Lipinski definition) is 4. The number of piperidine rings is 1. The van der Waals surface area contributed by atoms with Crippen LogP contribution >= 0.6 is 11.6 Å². The lowest BCUT2D eigenvalue weighted by Crippen LogP contribution is -2.49. The van der Waals surface area contributed by atoms with Crippen LogP contribution in [-0.2, 0) is 4.79 Å². The molecule has 2 heterocycles. The van der Waals surface area contributed by atoms with Gasteiger partial charge in [-0.2, -0.15) is 0 Å². The Labute approximate surface area is 193 Å². The minimum Gasteiger partial charge on any atom is -0.495 e. The summed E-state index contributed by atoms with van der Waals surface area (Å²) in [6.07, 6.45) is 3.99. The van der Waals surface area contributed by atoms with Gasteiger partial charge in [0.1, 0.15) is 0 Å². The summed E-state index contributed by atoms with van der Waals surface area (Å²) in [5.74, 6) is 0.525. The van der Waals surface area contributed by atoms with E-state index >= 15 is 0 Å². The van der Waals surface area contributed by atoms with Gasteiger partial charge >= 0.3 is 0 Å². The van der Waals surface area contributed by atoms with Gasteiger partial charge in [-0.1, -0.05) is 41.9 Å². The molecule has 2 N–H and O–H groups in total. The second-order valence-corrected chi connectivity index (χ2v) is 9.68. The fourth-order valence-corrected chi connectivity index (χ4v) is 5.10. The molecule has 1 saturated heterocycles. The molecule has 2 aliphatic heterocycles. The summed E-state index contributed by atoms with van der Waals surface area (Å²) in [6, 6.07) is 15.5. The number of anilines is 1. The summed E-state index contributed by atoms with van der Waals surface area (Å²) >= 11 is 6.38. The molecule has 1 unspecified atom stereocenters. The molecule has 2 fully saturated rings. The zero-order valence-corrected chi connectivity index (χ0v) is 18.7. The van der Waals surface area contributed by atoms with E-state index in [4.69, 9.17) is 11.6 Å². The summed E-state index contributed by atoms with van der Waals surface area (Å²) in [4.78, 5) is 14.2. The molecule has 6 nitrogen and oxygen atoms in total. The van der Waals surface area contributed by atoms with Crippen LogP contribution in [0.4, 0.5) is 5.69 Å². The molecule has 168 valence electrons. The minimum atomic E-state index is -0.871. The smallest absolute Gasteiger partial charge is 0.225 e. The molecule has 32 heavy (non-hydrogen) atoms. The van der Waals surface area contributed by atoms with Crippen LogP contribution in [0.5, 0.6) is 0 Å².